The zero-order valence-corrected chi connectivity index (χ0v) is 16.1. The molecule has 2 aromatic carbocycles. The van der Waals surface area contributed by atoms with E-state index in [0.717, 1.165) is 31.5 Å². The SMILES string of the molecule is COc1ccc(C(=O)N2CCCC2)cc1NC(=O)Cc1ccc(N)cc1.Cl. The third-order valence-corrected chi connectivity index (χ3v) is 4.46. The monoisotopic (exact) mass is 389 g/mol. The Morgan fingerprint density at radius 1 is 1.11 bits per heavy atom. The Kier molecular flexibility index (Phi) is 7.07. The first-order valence-electron chi connectivity index (χ1n) is 8.68. The lowest BCUT2D eigenvalue weighted by molar-refractivity contribution is -0.115. The molecule has 0 aliphatic carbocycles. The number of nitrogens with one attached hydrogen (secondary N) is 1. The highest BCUT2D eigenvalue weighted by atomic mass is 35.5. The summed E-state index contributed by atoms with van der Waals surface area (Å²) in [5.41, 5.74) is 8.23. The van der Waals surface area contributed by atoms with Gasteiger partial charge in [0.05, 0.1) is 19.2 Å². The number of carbonyl (C=O) groups excluding carboxylic acids is 2. The highest BCUT2D eigenvalue weighted by Crippen LogP contribution is 2.27. The molecule has 1 aliphatic rings. The molecule has 144 valence electrons. The van der Waals surface area contributed by atoms with E-state index in [1.165, 1.54) is 7.11 Å². The Balaban J connectivity index is 0.00000261. The molecule has 1 heterocycles. The van der Waals surface area contributed by atoms with E-state index in [1.807, 2.05) is 17.0 Å². The van der Waals surface area contributed by atoms with Crippen molar-refractivity contribution in [2.45, 2.75) is 19.3 Å². The summed E-state index contributed by atoms with van der Waals surface area (Å²) in [5, 5.41) is 2.84. The third kappa shape index (κ3) is 5.14. The van der Waals surface area contributed by atoms with Crippen LogP contribution in [0.3, 0.4) is 0 Å². The fraction of sp³-hybridized carbons (Fsp3) is 0.300. The van der Waals surface area contributed by atoms with Gasteiger partial charge in [-0.25, -0.2) is 0 Å². The number of ether oxygens (including phenoxy) is 1. The predicted octanol–water partition coefficient (Wildman–Crippen LogP) is 3.12. The van der Waals surface area contributed by atoms with Crippen molar-refractivity contribution in [1.82, 2.24) is 4.90 Å². The Morgan fingerprint density at radius 2 is 1.78 bits per heavy atom. The zero-order chi connectivity index (χ0) is 18.5. The summed E-state index contributed by atoms with van der Waals surface area (Å²) in [6.45, 7) is 1.56. The number of benzene rings is 2. The maximum absolute atomic E-state index is 12.6. The summed E-state index contributed by atoms with van der Waals surface area (Å²) < 4.78 is 5.32. The second kappa shape index (κ2) is 9.28. The van der Waals surface area contributed by atoms with Crippen LogP contribution >= 0.6 is 12.4 Å². The molecular formula is C20H24ClN3O3. The van der Waals surface area contributed by atoms with Gasteiger partial charge in [-0.3, -0.25) is 9.59 Å². The van der Waals surface area contributed by atoms with Gasteiger partial charge in [0.2, 0.25) is 5.91 Å². The summed E-state index contributed by atoms with van der Waals surface area (Å²) in [6, 6.07) is 12.3. The van der Waals surface area contributed by atoms with Crippen LogP contribution in [0.5, 0.6) is 5.75 Å². The van der Waals surface area contributed by atoms with Gasteiger partial charge in [-0.05, 0) is 48.7 Å². The number of anilines is 2. The van der Waals surface area contributed by atoms with E-state index in [4.69, 9.17) is 10.5 Å². The first kappa shape index (κ1) is 20.6. The highest BCUT2D eigenvalue weighted by molar-refractivity contribution is 5.99. The van der Waals surface area contributed by atoms with Crippen molar-refractivity contribution in [2.75, 3.05) is 31.2 Å². The number of carbonyl (C=O) groups is 2. The van der Waals surface area contributed by atoms with Gasteiger partial charge in [-0.1, -0.05) is 12.1 Å². The minimum atomic E-state index is -0.182. The van der Waals surface area contributed by atoms with Crippen LogP contribution in [-0.4, -0.2) is 36.9 Å². The predicted molar refractivity (Wildman–Crippen MR) is 109 cm³/mol. The molecule has 1 fully saturated rings. The van der Waals surface area contributed by atoms with E-state index >= 15 is 0 Å². The number of amides is 2. The van der Waals surface area contributed by atoms with Gasteiger partial charge in [0.1, 0.15) is 5.75 Å². The smallest absolute Gasteiger partial charge is 0.253 e. The molecule has 7 heteroatoms. The van der Waals surface area contributed by atoms with E-state index in [9.17, 15) is 9.59 Å². The minimum absolute atomic E-state index is 0. The normalized spacial score (nSPS) is 13.0. The lowest BCUT2D eigenvalue weighted by atomic mass is 10.1. The summed E-state index contributed by atoms with van der Waals surface area (Å²) in [5.74, 6) is 0.326. The van der Waals surface area contributed by atoms with E-state index in [-0.39, 0.29) is 30.6 Å². The third-order valence-electron chi connectivity index (χ3n) is 4.46. The molecule has 3 rings (SSSR count). The Morgan fingerprint density at radius 3 is 2.41 bits per heavy atom. The number of nitrogen functional groups attached to an aromatic ring is 1. The number of hydrogen-bond acceptors (Lipinski definition) is 4. The molecule has 27 heavy (non-hydrogen) atoms. The van der Waals surface area contributed by atoms with Crippen LogP contribution in [0.2, 0.25) is 0 Å². The van der Waals surface area contributed by atoms with Crippen molar-refractivity contribution in [3.8, 4) is 5.75 Å². The van der Waals surface area contributed by atoms with Crippen molar-refractivity contribution in [3.05, 3.63) is 53.6 Å². The van der Waals surface area contributed by atoms with Crippen molar-refractivity contribution >= 4 is 35.6 Å². The zero-order valence-electron chi connectivity index (χ0n) is 15.2. The highest BCUT2D eigenvalue weighted by Gasteiger charge is 2.21. The van der Waals surface area contributed by atoms with Gasteiger partial charge < -0.3 is 20.7 Å². The molecule has 0 saturated carbocycles. The van der Waals surface area contributed by atoms with Crippen LogP contribution in [0.15, 0.2) is 42.5 Å². The molecule has 0 radical (unpaired) electrons. The second-order valence-electron chi connectivity index (χ2n) is 6.38. The van der Waals surface area contributed by atoms with E-state index in [2.05, 4.69) is 5.32 Å². The lowest BCUT2D eigenvalue weighted by Crippen LogP contribution is -2.27. The molecule has 0 atom stereocenters. The van der Waals surface area contributed by atoms with Crippen LogP contribution in [0.25, 0.3) is 0 Å². The molecule has 0 spiro atoms. The maximum Gasteiger partial charge on any atom is 0.253 e. The molecule has 3 N–H and O–H groups in total. The number of nitrogens with zero attached hydrogens (tertiary/aromatic N) is 1. The molecule has 0 bridgehead atoms. The molecule has 0 unspecified atom stereocenters. The minimum Gasteiger partial charge on any atom is -0.495 e. The summed E-state index contributed by atoms with van der Waals surface area (Å²) in [7, 11) is 1.53. The first-order valence-corrected chi connectivity index (χ1v) is 8.68. The van der Waals surface area contributed by atoms with Gasteiger partial charge >= 0.3 is 0 Å². The maximum atomic E-state index is 12.6. The van der Waals surface area contributed by atoms with Crippen LogP contribution in [0.4, 0.5) is 11.4 Å². The summed E-state index contributed by atoms with van der Waals surface area (Å²) >= 11 is 0. The average molecular weight is 390 g/mol. The van der Waals surface area contributed by atoms with E-state index in [1.54, 1.807) is 30.3 Å². The Labute approximate surface area is 165 Å². The van der Waals surface area contributed by atoms with Crippen LogP contribution in [-0.2, 0) is 11.2 Å². The average Bonchev–Trinajstić information content (AvgIpc) is 3.17. The molecule has 1 saturated heterocycles. The van der Waals surface area contributed by atoms with Gasteiger partial charge in [0.15, 0.2) is 0 Å². The van der Waals surface area contributed by atoms with Crippen LogP contribution in [0.1, 0.15) is 28.8 Å². The van der Waals surface area contributed by atoms with Gasteiger partial charge in [-0.2, -0.15) is 0 Å². The molecule has 1 aliphatic heterocycles. The number of rotatable bonds is 5. The van der Waals surface area contributed by atoms with Crippen molar-refractivity contribution < 1.29 is 14.3 Å². The van der Waals surface area contributed by atoms with Gasteiger partial charge in [0.25, 0.3) is 5.91 Å². The fourth-order valence-corrected chi connectivity index (χ4v) is 3.06. The molecule has 2 amide bonds. The number of hydrogen-bond donors (Lipinski definition) is 2. The number of nitrogens with two attached hydrogens (primary N) is 1. The largest absolute Gasteiger partial charge is 0.495 e. The van der Waals surface area contributed by atoms with E-state index in [0.29, 0.717) is 22.7 Å². The molecule has 2 aromatic rings. The fourth-order valence-electron chi connectivity index (χ4n) is 3.06. The van der Waals surface area contributed by atoms with Crippen LogP contribution < -0.4 is 15.8 Å². The standard InChI is InChI=1S/C20H23N3O3.ClH/c1-26-18-9-6-15(20(25)23-10-2-3-11-23)13-17(18)22-19(24)12-14-4-7-16(21)8-5-14;/h4-9,13H,2-3,10-12,21H2,1H3,(H,22,24);1H. The van der Waals surface area contributed by atoms with Gasteiger partial charge in [-0.15, -0.1) is 12.4 Å². The first-order chi connectivity index (χ1) is 12.6. The topological polar surface area (TPSA) is 84.7 Å². The Hall–Kier alpha value is -2.73. The Bertz CT molecular complexity index is 803. The van der Waals surface area contributed by atoms with E-state index < -0.39 is 0 Å². The summed E-state index contributed by atoms with van der Waals surface area (Å²) in [6.07, 6.45) is 2.29. The number of likely N-dealkylation sites (tertiary alicyclic amines) is 1. The number of halogens is 1. The van der Waals surface area contributed by atoms with Crippen molar-refractivity contribution in [1.29, 1.82) is 0 Å². The van der Waals surface area contributed by atoms with Crippen LogP contribution in [0, 0.1) is 0 Å². The quantitative estimate of drug-likeness (QED) is 0.769. The van der Waals surface area contributed by atoms with Gasteiger partial charge in [0, 0.05) is 24.3 Å². The second-order valence-corrected chi connectivity index (χ2v) is 6.38. The molecule has 6 nitrogen and oxygen atoms in total. The van der Waals surface area contributed by atoms with Crippen molar-refractivity contribution in [2.24, 2.45) is 0 Å². The lowest BCUT2D eigenvalue weighted by Gasteiger charge is -2.17. The number of methoxy groups -OCH3 is 1. The molecule has 0 aromatic heterocycles. The molecular weight excluding hydrogens is 366 g/mol. The van der Waals surface area contributed by atoms with Crippen molar-refractivity contribution in [3.63, 3.8) is 0 Å². The summed E-state index contributed by atoms with van der Waals surface area (Å²) in [4.78, 5) is 26.8.